The molecule has 19 heavy (non-hydrogen) atoms. The molecule has 0 N–H and O–H groups in total. The van der Waals surface area contributed by atoms with E-state index in [0.29, 0.717) is 12.0 Å². The van der Waals surface area contributed by atoms with Crippen LogP contribution in [0.4, 0.5) is 0 Å². The zero-order valence-corrected chi connectivity index (χ0v) is 10.6. The smallest absolute Gasteiger partial charge is 0.158 e. The summed E-state index contributed by atoms with van der Waals surface area (Å²) in [5.41, 5.74) is 3.54. The summed E-state index contributed by atoms with van der Waals surface area (Å²) in [5.74, 6) is 0.761. The molecule has 4 heteroatoms. The highest BCUT2D eigenvalue weighted by molar-refractivity contribution is 5.75. The van der Waals surface area contributed by atoms with Crippen LogP contribution < -0.4 is 0 Å². The Labute approximate surface area is 110 Å². The summed E-state index contributed by atoms with van der Waals surface area (Å²) in [5, 5.41) is 4.42. The second kappa shape index (κ2) is 4.65. The van der Waals surface area contributed by atoms with E-state index in [9.17, 15) is 4.79 Å². The van der Waals surface area contributed by atoms with Crippen LogP contribution in [-0.2, 0) is 6.42 Å². The Kier molecular flexibility index (Phi) is 2.83. The van der Waals surface area contributed by atoms with Gasteiger partial charge in [0.2, 0.25) is 0 Å². The highest BCUT2D eigenvalue weighted by atomic mass is 16.1. The maximum absolute atomic E-state index is 10.8. The molecule has 0 aliphatic carbocycles. The van der Waals surface area contributed by atoms with Gasteiger partial charge in [-0.15, -0.1) is 0 Å². The molecule has 3 rings (SSSR count). The van der Waals surface area contributed by atoms with Gasteiger partial charge in [-0.1, -0.05) is 30.3 Å². The first-order chi connectivity index (χ1) is 9.26. The number of rotatable bonds is 3. The van der Waals surface area contributed by atoms with Gasteiger partial charge >= 0.3 is 0 Å². The van der Waals surface area contributed by atoms with Crippen molar-refractivity contribution < 1.29 is 4.79 Å². The van der Waals surface area contributed by atoms with Crippen LogP contribution >= 0.6 is 0 Å². The molecule has 0 unspecified atom stereocenters. The van der Waals surface area contributed by atoms with Gasteiger partial charge in [-0.25, -0.2) is 9.50 Å². The minimum absolute atomic E-state index is 0.612. The first-order valence-corrected chi connectivity index (χ1v) is 6.11. The van der Waals surface area contributed by atoms with E-state index < -0.39 is 0 Å². The van der Waals surface area contributed by atoms with Crippen LogP contribution in [0.2, 0.25) is 0 Å². The van der Waals surface area contributed by atoms with Crippen molar-refractivity contribution in [3.05, 3.63) is 65.1 Å². The van der Waals surface area contributed by atoms with E-state index in [4.69, 9.17) is 0 Å². The van der Waals surface area contributed by atoms with Gasteiger partial charge in [0.25, 0.3) is 0 Å². The van der Waals surface area contributed by atoms with E-state index in [-0.39, 0.29) is 0 Å². The van der Waals surface area contributed by atoms with Crippen LogP contribution in [0.25, 0.3) is 5.65 Å². The standard InChI is InChI=1S/C15H13N3O/c1-11-7-13(10-19)9-18-15(11)16-14(17-18)8-12-5-3-2-4-6-12/h2-7,9-10H,8H2,1H3. The number of aldehydes is 1. The van der Waals surface area contributed by atoms with Crippen molar-refractivity contribution in [3.63, 3.8) is 0 Å². The normalized spacial score (nSPS) is 10.8. The predicted octanol–water partition coefficient (Wildman–Crippen LogP) is 2.44. The molecule has 0 saturated heterocycles. The minimum atomic E-state index is 0.612. The molecular formula is C15H13N3O. The van der Waals surface area contributed by atoms with Crippen LogP contribution in [0.3, 0.4) is 0 Å². The molecular weight excluding hydrogens is 238 g/mol. The first kappa shape index (κ1) is 11.6. The lowest BCUT2D eigenvalue weighted by atomic mass is 10.1. The van der Waals surface area contributed by atoms with Gasteiger partial charge in [-0.2, -0.15) is 5.10 Å². The summed E-state index contributed by atoms with van der Waals surface area (Å²) in [4.78, 5) is 15.4. The fourth-order valence-corrected chi connectivity index (χ4v) is 2.14. The van der Waals surface area contributed by atoms with Crippen LogP contribution in [0.15, 0.2) is 42.6 Å². The number of hydrogen-bond acceptors (Lipinski definition) is 3. The number of fused-ring (bicyclic) bond motifs is 1. The quantitative estimate of drug-likeness (QED) is 0.672. The Morgan fingerprint density at radius 3 is 2.79 bits per heavy atom. The average Bonchev–Trinajstić information content (AvgIpc) is 2.83. The Bertz CT molecular complexity index is 732. The van der Waals surface area contributed by atoms with Crippen LogP contribution in [0.1, 0.15) is 27.3 Å². The van der Waals surface area contributed by atoms with Crippen molar-refractivity contribution in [2.45, 2.75) is 13.3 Å². The fourth-order valence-electron chi connectivity index (χ4n) is 2.14. The lowest BCUT2D eigenvalue weighted by Gasteiger charge is -1.96. The van der Waals surface area contributed by atoms with E-state index >= 15 is 0 Å². The molecule has 0 saturated carbocycles. The molecule has 94 valence electrons. The lowest BCUT2D eigenvalue weighted by molar-refractivity contribution is 0.112. The lowest BCUT2D eigenvalue weighted by Crippen LogP contribution is -1.94. The molecule has 4 nitrogen and oxygen atoms in total. The van der Waals surface area contributed by atoms with E-state index in [1.54, 1.807) is 10.7 Å². The fraction of sp³-hybridized carbons (Fsp3) is 0.133. The summed E-state index contributed by atoms with van der Waals surface area (Å²) in [6.07, 6.45) is 3.22. The van der Waals surface area contributed by atoms with Gasteiger partial charge in [-0.3, -0.25) is 4.79 Å². The molecule has 2 heterocycles. The van der Waals surface area contributed by atoms with E-state index in [1.807, 2.05) is 31.2 Å². The number of benzene rings is 1. The average molecular weight is 251 g/mol. The third-order valence-electron chi connectivity index (χ3n) is 3.02. The summed E-state index contributed by atoms with van der Waals surface area (Å²) < 4.78 is 1.68. The molecule has 0 radical (unpaired) electrons. The van der Waals surface area contributed by atoms with E-state index in [2.05, 4.69) is 22.2 Å². The van der Waals surface area contributed by atoms with Gasteiger partial charge in [0, 0.05) is 18.2 Å². The Hall–Kier alpha value is -2.49. The van der Waals surface area contributed by atoms with Crippen molar-refractivity contribution in [3.8, 4) is 0 Å². The molecule has 1 aromatic carbocycles. The molecule has 0 spiro atoms. The maximum atomic E-state index is 10.8. The Morgan fingerprint density at radius 1 is 1.26 bits per heavy atom. The maximum Gasteiger partial charge on any atom is 0.158 e. The minimum Gasteiger partial charge on any atom is -0.298 e. The highest BCUT2D eigenvalue weighted by Crippen LogP contribution is 2.12. The molecule has 0 bridgehead atoms. The molecule has 2 aromatic heterocycles. The number of hydrogen-bond donors (Lipinski definition) is 0. The summed E-state index contributed by atoms with van der Waals surface area (Å²) in [6.45, 7) is 1.93. The first-order valence-electron chi connectivity index (χ1n) is 6.11. The summed E-state index contributed by atoms with van der Waals surface area (Å²) >= 11 is 0. The summed E-state index contributed by atoms with van der Waals surface area (Å²) in [6, 6.07) is 11.9. The largest absolute Gasteiger partial charge is 0.298 e. The molecule has 0 amide bonds. The van der Waals surface area contributed by atoms with Crippen LogP contribution in [0, 0.1) is 6.92 Å². The third kappa shape index (κ3) is 2.25. The number of aryl methyl sites for hydroxylation is 1. The molecule has 3 aromatic rings. The van der Waals surface area contributed by atoms with Gasteiger partial charge in [-0.05, 0) is 24.1 Å². The number of nitrogens with zero attached hydrogens (tertiary/aromatic N) is 3. The number of carbonyl (C=O) groups excluding carboxylic acids is 1. The van der Waals surface area contributed by atoms with Crippen molar-refractivity contribution >= 4 is 11.9 Å². The van der Waals surface area contributed by atoms with Crippen LogP contribution in [0.5, 0.6) is 0 Å². The zero-order chi connectivity index (χ0) is 13.2. The van der Waals surface area contributed by atoms with E-state index in [0.717, 1.165) is 23.3 Å². The van der Waals surface area contributed by atoms with E-state index in [1.165, 1.54) is 5.56 Å². The van der Waals surface area contributed by atoms with Crippen molar-refractivity contribution in [1.29, 1.82) is 0 Å². The molecule has 0 aliphatic heterocycles. The summed E-state index contributed by atoms with van der Waals surface area (Å²) in [7, 11) is 0. The number of pyridine rings is 1. The Balaban J connectivity index is 2.02. The number of aromatic nitrogens is 3. The van der Waals surface area contributed by atoms with Gasteiger partial charge < -0.3 is 0 Å². The van der Waals surface area contributed by atoms with Gasteiger partial charge in [0.05, 0.1) is 0 Å². The monoisotopic (exact) mass is 251 g/mol. The molecule has 0 aliphatic rings. The van der Waals surface area contributed by atoms with Gasteiger partial charge in [0.1, 0.15) is 0 Å². The van der Waals surface area contributed by atoms with Crippen molar-refractivity contribution in [2.24, 2.45) is 0 Å². The molecule has 0 fully saturated rings. The predicted molar refractivity (Wildman–Crippen MR) is 72.4 cm³/mol. The second-order valence-electron chi connectivity index (χ2n) is 4.53. The second-order valence-corrected chi connectivity index (χ2v) is 4.53. The highest BCUT2D eigenvalue weighted by Gasteiger charge is 2.08. The third-order valence-corrected chi connectivity index (χ3v) is 3.02. The van der Waals surface area contributed by atoms with Crippen molar-refractivity contribution in [1.82, 2.24) is 14.6 Å². The SMILES string of the molecule is Cc1cc(C=O)cn2nc(Cc3ccccc3)nc12. The van der Waals surface area contributed by atoms with Gasteiger partial charge in [0.15, 0.2) is 17.8 Å². The topological polar surface area (TPSA) is 47.3 Å². The van der Waals surface area contributed by atoms with Crippen LogP contribution in [-0.4, -0.2) is 20.9 Å². The number of carbonyl (C=O) groups is 1. The molecule has 0 atom stereocenters. The van der Waals surface area contributed by atoms with Crippen molar-refractivity contribution in [2.75, 3.05) is 0 Å². The Morgan fingerprint density at radius 2 is 2.05 bits per heavy atom. The zero-order valence-electron chi connectivity index (χ0n) is 10.6.